The average molecular weight is 421 g/mol. The third kappa shape index (κ3) is 5.25. The summed E-state index contributed by atoms with van der Waals surface area (Å²) in [4.78, 5) is 0. The topological polar surface area (TPSA) is 89.1 Å². The van der Waals surface area contributed by atoms with E-state index in [1.807, 2.05) is 44.8 Å². The Bertz CT molecular complexity index is 734. The summed E-state index contributed by atoms with van der Waals surface area (Å²) in [6.45, 7) is 16.4. The molecule has 0 amide bonds. The maximum Gasteiger partial charge on any atom is 0.183 e. The van der Waals surface area contributed by atoms with E-state index in [1.165, 1.54) is 0 Å². The molecule has 2 aromatic heterocycles. The van der Waals surface area contributed by atoms with Crippen molar-refractivity contribution in [3.8, 4) is 0 Å². The van der Waals surface area contributed by atoms with E-state index in [1.54, 1.807) is 4.68 Å². The highest BCUT2D eigenvalue weighted by atomic mass is 16.7. The van der Waals surface area contributed by atoms with Gasteiger partial charge in [0.15, 0.2) is 12.5 Å². The molecular weight excluding hydrogens is 384 g/mol. The molecule has 1 saturated heterocycles. The molecule has 168 valence electrons. The zero-order valence-corrected chi connectivity index (χ0v) is 19.4. The Labute approximate surface area is 179 Å². The number of rotatable bonds is 8. The van der Waals surface area contributed by atoms with Gasteiger partial charge in [0.05, 0.1) is 29.8 Å². The maximum atomic E-state index is 6.45. The molecule has 0 saturated carbocycles. The quantitative estimate of drug-likeness (QED) is 0.641. The van der Waals surface area contributed by atoms with Crippen molar-refractivity contribution < 1.29 is 14.2 Å². The molecule has 1 fully saturated rings. The van der Waals surface area contributed by atoms with E-state index in [9.17, 15) is 0 Å². The van der Waals surface area contributed by atoms with Crippen LogP contribution in [0, 0.1) is 0 Å². The Morgan fingerprint density at radius 1 is 0.833 bits per heavy atom. The summed E-state index contributed by atoms with van der Waals surface area (Å²) in [5.74, 6) is 0.583. The van der Waals surface area contributed by atoms with Gasteiger partial charge in [-0.3, -0.25) is 0 Å². The van der Waals surface area contributed by atoms with Crippen LogP contribution in [0.5, 0.6) is 0 Å². The van der Waals surface area contributed by atoms with Gasteiger partial charge in [0, 0.05) is 12.6 Å². The van der Waals surface area contributed by atoms with Crippen molar-refractivity contribution in [3.05, 3.63) is 23.8 Å². The predicted octanol–water partition coefficient (Wildman–Crippen LogP) is 3.82. The summed E-state index contributed by atoms with van der Waals surface area (Å²) < 4.78 is 22.5. The van der Waals surface area contributed by atoms with Crippen molar-refractivity contribution in [1.82, 2.24) is 30.0 Å². The predicted molar refractivity (Wildman–Crippen MR) is 112 cm³/mol. The molecule has 9 nitrogen and oxygen atoms in total. The summed E-state index contributed by atoms with van der Waals surface area (Å²) in [6, 6.07) is -0.152. The van der Waals surface area contributed by atoms with Gasteiger partial charge in [0.1, 0.15) is 12.1 Å². The highest BCUT2D eigenvalue weighted by Crippen LogP contribution is 2.37. The molecule has 9 heteroatoms. The lowest BCUT2D eigenvalue weighted by molar-refractivity contribution is -0.289. The summed E-state index contributed by atoms with van der Waals surface area (Å²) >= 11 is 0. The molecular formula is C21H36N6O3. The van der Waals surface area contributed by atoms with Crippen molar-refractivity contribution >= 4 is 0 Å². The molecule has 1 aliphatic rings. The molecule has 0 aromatic carbocycles. The molecule has 30 heavy (non-hydrogen) atoms. The largest absolute Gasteiger partial charge is 0.371 e. The first-order valence-electron chi connectivity index (χ1n) is 11.0. The van der Waals surface area contributed by atoms with Crippen LogP contribution >= 0.6 is 0 Å². The summed E-state index contributed by atoms with van der Waals surface area (Å²) in [5.41, 5.74) is 1.86. The molecule has 3 rings (SSSR count). The Balaban J connectivity index is 1.92. The number of hydrogen-bond acceptors (Lipinski definition) is 7. The third-order valence-electron chi connectivity index (χ3n) is 5.07. The second-order valence-electron chi connectivity index (χ2n) is 9.16. The van der Waals surface area contributed by atoms with Crippen LogP contribution in [0.2, 0.25) is 0 Å². The number of ether oxygens (including phenoxy) is 3. The van der Waals surface area contributed by atoms with Gasteiger partial charge in [-0.05, 0) is 39.5 Å². The zero-order valence-electron chi connectivity index (χ0n) is 19.4. The molecule has 4 unspecified atom stereocenters. The standard InChI is InChI=1S/C21H36N6O3/c1-12(2)16-10-26(24-22-16)18-9-19(28-14(5)6)20(30-21(18)29-15(7)8)27-11-17(13(3)4)23-25-27/h10-15,18-21H,9H2,1-8H3. The second kappa shape index (κ2) is 9.53. The van der Waals surface area contributed by atoms with Gasteiger partial charge in [-0.2, -0.15) is 0 Å². The summed E-state index contributed by atoms with van der Waals surface area (Å²) in [5, 5.41) is 17.3. The highest BCUT2D eigenvalue weighted by molar-refractivity contribution is 5.01. The summed E-state index contributed by atoms with van der Waals surface area (Å²) in [7, 11) is 0. The normalized spacial score (nSPS) is 25.2. The van der Waals surface area contributed by atoms with Gasteiger partial charge in [0.25, 0.3) is 0 Å². The third-order valence-corrected chi connectivity index (χ3v) is 5.07. The molecule has 2 aromatic rings. The van der Waals surface area contributed by atoms with E-state index in [2.05, 4.69) is 48.3 Å². The molecule has 4 atom stereocenters. The Kier molecular flexibility index (Phi) is 7.26. The van der Waals surface area contributed by atoms with Gasteiger partial charge in [-0.15, -0.1) is 10.2 Å². The molecule has 0 bridgehead atoms. The fraction of sp³-hybridized carbons (Fsp3) is 0.810. The van der Waals surface area contributed by atoms with E-state index in [0.29, 0.717) is 12.3 Å². The van der Waals surface area contributed by atoms with Gasteiger partial charge < -0.3 is 14.2 Å². The van der Waals surface area contributed by atoms with Crippen LogP contribution < -0.4 is 0 Å². The van der Waals surface area contributed by atoms with E-state index in [-0.39, 0.29) is 30.3 Å². The lowest BCUT2D eigenvalue weighted by atomic mass is 10.0. The van der Waals surface area contributed by atoms with Crippen molar-refractivity contribution in [2.24, 2.45) is 0 Å². The summed E-state index contributed by atoms with van der Waals surface area (Å²) in [6.07, 6.45) is 3.46. The molecule has 0 radical (unpaired) electrons. The minimum atomic E-state index is -0.504. The number of hydrogen-bond donors (Lipinski definition) is 0. The first kappa shape index (κ1) is 22.8. The van der Waals surface area contributed by atoms with Gasteiger partial charge in [0.2, 0.25) is 0 Å². The van der Waals surface area contributed by atoms with Crippen LogP contribution in [0.3, 0.4) is 0 Å². The van der Waals surface area contributed by atoms with Crippen molar-refractivity contribution in [2.45, 2.75) is 111 Å². The van der Waals surface area contributed by atoms with E-state index in [4.69, 9.17) is 14.2 Å². The monoisotopic (exact) mass is 420 g/mol. The lowest BCUT2D eigenvalue weighted by Crippen LogP contribution is -2.47. The van der Waals surface area contributed by atoms with Crippen LogP contribution in [0.15, 0.2) is 12.4 Å². The molecule has 0 N–H and O–H groups in total. The first-order chi connectivity index (χ1) is 14.2. The lowest BCUT2D eigenvalue weighted by Gasteiger charge is -2.41. The van der Waals surface area contributed by atoms with E-state index in [0.717, 1.165) is 11.4 Å². The molecule has 3 heterocycles. The van der Waals surface area contributed by atoms with E-state index >= 15 is 0 Å². The Morgan fingerprint density at radius 2 is 1.37 bits per heavy atom. The first-order valence-corrected chi connectivity index (χ1v) is 11.0. The zero-order chi connectivity index (χ0) is 22.0. The highest BCUT2D eigenvalue weighted by Gasteiger charge is 2.43. The van der Waals surface area contributed by atoms with Crippen molar-refractivity contribution in [3.63, 3.8) is 0 Å². The average Bonchev–Trinajstić information content (AvgIpc) is 3.31. The number of nitrogens with zero attached hydrogens (tertiary/aromatic N) is 6. The van der Waals surface area contributed by atoms with Crippen LogP contribution in [-0.2, 0) is 14.2 Å². The second-order valence-corrected chi connectivity index (χ2v) is 9.16. The molecule has 0 aliphatic carbocycles. The van der Waals surface area contributed by atoms with Crippen molar-refractivity contribution in [2.75, 3.05) is 0 Å². The SMILES string of the molecule is CC(C)OC1CC(n2cc(C(C)C)nn2)C(OC(C)C)OC1n1cc(C(C)C)nn1. The van der Waals surface area contributed by atoms with Crippen LogP contribution in [0.25, 0.3) is 0 Å². The van der Waals surface area contributed by atoms with Crippen LogP contribution in [0.1, 0.15) is 97.3 Å². The van der Waals surface area contributed by atoms with Crippen molar-refractivity contribution in [1.29, 1.82) is 0 Å². The minimum Gasteiger partial charge on any atom is -0.371 e. The minimum absolute atomic E-state index is 0.00391. The van der Waals surface area contributed by atoms with Crippen LogP contribution in [0.4, 0.5) is 0 Å². The fourth-order valence-electron chi connectivity index (χ4n) is 3.51. The van der Waals surface area contributed by atoms with Gasteiger partial charge >= 0.3 is 0 Å². The van der Waals surface area contributed by atoms with Crippen LogP contribution in [-0.4, -0.2) is 54.6 Å². The Morgan fingerprint density at radius 3 is 1.87 bits per heavy atom. The van der Waals surface area contributed by atoms with Gasteiger partial charge in [-0.1, -0.05) is 38.1 Å². The molecule has 0 spiro atoms. The fourth-order valence-corrected chi connectivity index (χ4v) is 3.51. The smallest absolute Gasteiger partial charge is 0.183 e. The Hall–Kier alpha value is -1.84. The molecule has 1 aliphatic heterocycles. The maximum absolute atomic E-state index is 6.45. The number of aromatic nitrogens is 6. The van der Waals surface area contributed by atoms with Gasteiger partial charge in [-0.25, -0.2) is 9.36 Å². The van der Waals surface area contributed by atoms with E-state index < -0.39 is 12.5 Å².